The summed E-state index contributed by atoms with van der Waals surface area (Å²) in [4.78, 5) is 2.38. The van der Waals surface area contributed by atoms with Crippen LogP contribution in [0.25, 0.3) is 88.0 Å². The lowest BCUT2D eigenvalue weighted by atomic mass is 9.90. The Balaban J connectivity index is 1.23. The van der Waals surface area contributed by atoms with E-state index in [1.54, 1.807) is 0 Å². The third-order valence-electron chi connectivity index (χ3n) is 10.9. The summed E-state index contributed by atoms with van der Waals surface area (Å²) < 4.78 is 13.8. The van der Waals surface area contributed by atoms with Crippen LogP contribution in [0.1, 0.15) is 0 Å². The second-order valence-corrected chi connectivity index (χ2v) is 14.0. The summed E-state index contributed by atoms with van der Waals surface area (Å²) in [5, 5.41) is 6.49. The number of hydrogen-bond acceptors (Lipinski definition) is 3. The van der Waals surface area contributed by atoms with Crippen LogP contribution in [0.15, 0.2) is 209 Å². The molecular formula is C52H33NO2. The van der Waals surface area contributed by atoms with Crippen LogP contribution < -0.4 is 4.90 Å². The lowest BCUT2D eigenvalue weighted by molar-refractivity contribution is 0.664. The first kappa shape index (κ1) is 31.2. The molecule has 0 bridgehead atoms. The number of para-hydroxylation sites is 1. The van der Waals surface area contributed by atoms with Crippen LogP contribution in [-0.4, -0.2) is 0 Å². The van der Waals surface area contributed by atoms with Crippen molar-refractivity contribution in [3.05, 3.63) is 200 Å². The van der Waals surface area contributed by atoms with Gasteiger partial charge >= 0.3 is 0 Å². The number of benzene rings is 9. The Bertz CT molecular complexity index is 3190. The molecule has 0 spiro atoms. The van der Waals surface area contributed by atoms with E-state index in [9.17, 15) is 0 Å². The first-order chi connectivity index (χ1) is 27.3. The molecule has 3 nitrogen and oxygen atoms in total. The van der Waals surface area contributed by atoms with Gasteiger partial charge in [0.05, 0.1) is 16.8 Å². The number of hydrogen-bond donors (Lipinski definition) is 0. The molecule has 0 atom stereocenters. The van der Waals surface area contributed by atoms with Gasteiger partial charge in [0.1, 0.15) is 22.3 Å². The van der Waals surface area contributed by atoms with Crippen molar-refractivity contribution in [2.45, 2.75) is 0 Å². The maximum atomic E-state index is 7.11. The van der Waals surface area contributed by atoms with Gasteiger partial charge in [-0.3, -0.25) is 0 Å². The van der Waals surface area contributed by atoms with Crippen molar-refractivity contribution in [3.8, 4) is 33.4 Å². The monoisotopic (exact) mass is 703 g/mol. The van der Waals surface area contributed by atoms with E-state index in [-0.39, 0.29) is 0 Å². The highest BCUT2D eigenvalue weighted by Gasteiger charge is 2.26. The first-order valence-corrected chi connectivity index (χ1v) is 18.7. The molecule has 0 aliphatic heterocycles. The maximum absolute atomic E-state index is 7.11. The second-order valence-electron chi connectivity index (χ2n) is 14.0. The van der Waals surface area contributed by atoms with Crippen LogP contribution in [-0.2, 0) is 0 Å². The summed E-state index contributed by atoms with van der Waals surface area (Å²) in [6.07, 6.45) is 0. The summed E-state index contributed by atoms with van der Waals surface area (Å²) in [7, 11) is 0. The minimum Gasteiger partial charge on any atom is -0.456 e. The van der Waals surface area contributed by atoms with E-state index in [0.29, 0.717) is 0 Å². The molecule has 258 valence electrons. The van der Waals surface area contributed by atoms with Gasteiger partial charge < -0.3 is 13.7 Å². The molecule has 11 rings (SSSR count). The van der Waals surface area contributed by atoms with Crippen LogP contribution in [0.3, 0.4) is 0 Å². The van der Waals surface area contributed by atoms with E-state index in [1.807, 2.05) is 6.07 Å². The quantitative estimate of drug-likeness (QED) is 0.173. The molecule has 0 N–H and O–H groups in total. The number of furan rings is 2. The summed E-state index contributed by atoms with van der Waals surface area (Å²) in [6, 6.07) is 70.7. The van der Waals surface area contributed by atoms with Crippen molar-refractivity contribution in [2.24, 2.45) is 0 Å². The lowest BCUT2D eigenvalue weighted by Gasteiger charge is -2.27. The maximum Gasteiger partial charge on any atom is 0.144 e. The zero-order chi connectivity index (χ0) is 36.3. The molecule has 11 aromatic rings. The smallest absolute Gasteiger partial charge is 0.144 e. The molecule has 2 heterocycles. The van der Waals surface area contributed by atoms with E-state index < -0.39 is 0 Å². The fraction of sp³-hybridized carbons (Fsp3) is 0. The average Bonchev–Trinajstić information content (AvgIpc) is 3.82. The van der Waals surface area contributed by atoms with Crippen molar-refractivity contribution in [3.63, 3.8) is 0 Å². The Morgan fingerprint density at radius 1 is 0.345 bits per heavy atom. The van der Waals surface area contributed by atoms with Gasteiger partial charge in [0.2, 0.25) is 0 Å². The summed E-state index contributed by atoms with van der Waals surface area (Å²) in [5.41, 5.74) is 13.3. The molecule has 0 fully saturated rings. The molecule has 0 aliphatic rings. The van der Waals surface area contributed by atoms with Gasteiger partial charge in [-0.15, -0.1) is 0 Å². The molecule has 0 unspecified atom stereocenters. The van der Waals surface area contributed by atoms with Crippen LogP contribution in [0.4, 0.5) is 17.1 Å². The topological polar surface area (TPSA) is 29.5 Å². The lowest BCUT2D eigenvalue weighted by Crippen LogP contribution is -2.10. The average molecular weight is 704 g/mol. The second kappa shape index (κ2) is 12.6. The van der Waals surface area contributed by atoms with Gasteiger partial charge in [0.25, 0.3) is 0 Å². The third-order valence-corrected chi connectivity index (χ3v) is 10.9. The minimum atomic E-state index is 0.814. The highest BCUT2D eigenvalue weighted by Crippen LogP contribution is 2.50. The summed E-state index contributed by atoms with van der Waals surface area (Å²) in [5.74, 6) is 0. The molecule has 3 heteroatoms. The molecule has 0 saturated heterocycles. The number of rotatable bonds is 6. The Kier molecular flexibility index (Phi) is 7.17. The highest BCUT2D eigenvalue weighted by atomic mass is 16.3. The Morgan fingerprint density at radius 2 is 0.945 bits per heavy atom. The SMILES string of the molecule is c1ccc(-c2ccc(N(c3cccc4ccccc34)c3cccc4oc5c(-c6ccccc6-c6ccccc6)c6c(cc5c34)oc3ccccc36)cc2)cc1. The van der Waals surface area contributed by atoms with Gasteiger partial charge in [-0.1, -0.05) is 158 Å². The number of nitrogens with zero attached hydrogens (tertiary/aromatic N) is 1. The third kappa shape index (κ3) is 5.05. The first-order valence-electron chi connectivity index (χ1n) is 18.7. The van der Waals surface area contributed by atoms with Crippen molar-refractivity contribution < 1.29 is 8.83 Å². The van der Waals surface area contributed by atoms with Crippen molar-refractivity contribution in [2.75, 3.05) is 4.90 Å². The van der Waals surface area contributed by atoms with Gasteiger partial charge in [-0.25, -0.2) is 0 Å². The molecule has 0 amide bonds. The number of anilines is 3. The van der Waals surface area contributed by atoms with Gasteiger partial charge in [0, 0.05) is 32.8 Å². The van der Waals surface area contributed by atoms with Crippen molar-refractivity contribution in [1.82, 2.24) is 0 Å². The normalized spacial score (nSPS) is 11.6. The molecule has 0 saturated carbocycles. The molecule has 0 radical (unpaired) electrons. The van der Waals surface area contributed by atoms with Crippen molar-refractivity contribution >= 4 is 71.7 Å². The van der Waals surface area contributed by atoms with Gasteiger partial charge in [-0.2, -0.15) is 0 Å². The van der Waals surface area contributed by atoms with E-state index in [2.05, 4.69) is 199 Å². The van der Waals surface area contributed by atoms with Crippen molar-refractivity contribution in [1.29, 1.82) is 0 Å². The summed E-state index contributed by atoms with van der Waals surface area (Å²) >= 11 is 0. The van der Waals surface area contributed by atoms with E-state index >= 15 is 0 Å². The molecule has 9 aromatic carbocycles. The van der Waals surface area contributed by atoms with Gasteiger partial charge in [-0.05, 0) is 75.7 Å². The standard InChI is InChI=1S/C52H33NO2/c1-3-15-34(16-4-1)35-29-31-38(32-30-35)53(44-25-13-20-37-19-7-8-22-40(37)44)45-26-14-28-47-49(45)43-33-48-50(42-24-11-12-27-46(42)54-48)51(52(43)55-47)41-23-10-9-21-39(41)36-17-5-2-6-18-36/h1-33H. The fourth-order valence-electron chi connectivity index (χ4n) is 8.40. The Labute approximate surface area is 317 Å². The largest absolute Gasteiger partial charge is 0.456 e. The molecule has 0 aliphatic carbocycles. The van der Waals surface area contributed by atoms with Crippen LogP contribution in [0, 0.1) is 0 Å². The zero-order valence-electron chi connectivity index (χ0n) is 29.8. The van der Waals surface area contributed by atoms with E-state index in [1.165, 1.54) is 21.9 Å². The molecule has 2 aromatic heterocycles. The Hall–Kier alpha value is -7.36. The van der Waals surface area contributed by atoms with E-state index in [4.69, 9.17) is 8.83 Å². The predicted octanol–water partition coefficient (Wildman–Crippen LogP) is 15.1. The number of fused-ring (bicyclic) bond motifs is 7. The van der Waals surface area contributed by atoms with Crippen LogP contribution in [0.5, 0.6) is 0 Å². The summed E-state index contributed by atoms with van der Waals surface area (Å²) in [6.45, 7) is 0. The molecular weight excluding hydrogens is 671 g/mol. The minimum absolute atomic E-state index is 0.814. The van der Waals surface area contributed by atoms with Crippen LogP contribution >= 0.6 is 0 Å². The van der Waals surface area contributed by atoms with Crippen LogP contribution in [0.2, 0.25) is 0 Å². The Morgan fingerprint density at radius 3 is 1.76 bits per heavy atom. The van der Waals surface area contributed by atoms with Gasteiger partial charge in [0.15, 0.2) is 0 Å². The molecule has 55 heavy (non-hydrogen) atoms. The zero-order valence-corrected chi connectivity index (χ0v) is 29.8. The highest BCUT2D eigenvalue weighted by molar-refractivity contribution is 6.26. The predicted molar refractivity (Wildman–Crippen MR) is 229 cm³/mol. The fourth-order valence-corrected chi connectivity index (χ4v) is 8.40. The van der Waals surface area contributed by atoms with E-state index in [0.717, 1.165) is 83.2 Å².